The molecular formula is C12H10O3. The summed E-state index contributed by atoms with van der Waals surface area (Å²) in [6, 6.07) is 3.85. The summed E-state index contributed by atoms with van der Waals surface area (Å²) >= 11 is 0. The molecule has 0 unspecified atom stereocenters. The van der Waals surface area contributed by atoms with Crippen molar-refractivity contribution in [2.24, 2.45) is 0 Å². The molecule has 3 nitrogen and oxygen atoms in total. The van der Waals surface area contributed by atoms with Gasteiger partial charge in [-0.2, -0.15) is 0 Å². The Morgan fingerprint density at radius 1 is 1.00 bits per heavy atom. The number of hydrogen-bond acceptors (Lipinski definition) is 3. The minimum atomic E-state index is -0.232. The van der Waals surface area contributed by atoms with Crippen molar-refractivity contribution in [3.05, 3.63) is 34.4 Å². The van der Waals surface area contributed by atoms with Crippen molar-refractivity contribution in [3.8, 4) is 0 Å². The maximum atomic E-state index is 11.3. The van der Waals surface area contributed by atoms with E-state index >= 15 is 0 Å². The average Bonchev–Trinajstić information content (AvgIpc) is 2.57. The molecule has 15 heavy (non-hydrogen) atoms. The zero-order chi connectivity index (χ0) is 10.4. The van der Waals surface area contributed by atoms with Gasteiger partial charge in [0.05, 0.1) is 5.56 Å². The van der Waals surface area contributed by atoms with E-state index in [-0.39, 0.29) is 11.8 Å². The maximum absolute atomic E-state index is 11.3. The van der Waals surface area contributed by atoms with Gasteiger partial charge in [0.25, 0.3) is 0 Å². The van der Waals surface area contributed by atoms with E-state index in [9.17, 15) is 9.59 Å². The molecule has 0 saturated heterocycles. The Morgan fingerprint density at radius 2 is 1.87 bits per heavy atom. The Balaban J connectivity index is 2.13. The van der Waals surface area contributed by atoms with E-state index < -0.39 is 0 Å². The highest BCUT2D eigenvalue weighted by atomic mass is 16.5. The van der Waals surface area contributed by atoms with Gasteiger partial charge in [-0.3, -0.25) is 4.79 Å². The second-order valence-corrected chi connectivity index (χ2v) is 4.07. The third kappa shape index (κ3) is 1.27. The quantitative estimate of drug-likeness (QED) is 0.597. The second-order valence-electron chi connectivity index (χ2n) is 4.07. The highest BCUT2D eigenvalue weighted by Crippen LogP contribution is 2.27. The number of cyclic esters (lactones) is 1. The van der Waals surface area contributed by atoms with E-state index in [1.54, 1.807) is 0 Å². The molecular weight excluding hydrogens is 192 g/mol. The van der Waals surface area contributed by atoms with Crippen LogP contribution in [-0.4, -0.2) is 11.8 Å². The number of Topliss-reactive ketones (excluding diaryl/α,β-unsaturated/α-hetero) is 1. The lowest BCUT2D eigenvalue weighted by Gasteiger charge is -2.15. The van der Waals surface area contributed by atoms with Gasteiger partial charge in [0.1, 0.15) is 12.4 Å². The molecule has 2 aliphatic rings. The summed E-state index contributed by atoms with van der Waals surface area (Å²) < 4.78 is 4.95. The zero-order valence-corrected chi connectivity index (χ0v) is 8.21. The van der Waals surface area contributed by atoms with Crippen molar-refractivity contribution in [1.82, 2.24) is 0 Å². The standard InChI is InChI=1S/C12H10O3/c13-10-2-1-7-5-11-9(3-8(7)4-10)6-15-12(11)14/h3,5H,1-2,4,6H2. The van der Waals surface area contributed by atoms with Crippen LogP contribution in [0.2, 0.25) is 0 Å². The van der Waals surface area contributed by atoms with Crippen LogP contribution in [0.15, 0.2) is 12.1 Å². The highest BCUT2D eigenvalue weighted by Gasteiger charge is 2.25. The summed E-state index contributed by atoms with van der Waals surface area (Å²) in [6.07, 6.45) is 1.87. The number of benzene rings is 1. The average molecular weight is 202 g/mol. The van der Waals surface area contributed by atoms with Crippen LogP contribution in [0.25, 0.3) is 0 Å². The first kappa shape index (κ1) is 8.65. The van der Waals surface area contributed by atoms with E-state index in [1.807, 2.05) is 12.1 Å². The highest BCUT2D eigenvalue weighted by molar-refractivity contribution is 5.94. The molecule has 0 bridgehead atoms. The largest absolute Gasteiger partial charge is 0.457 e. The van der Waals surface area contributed by atoms with Gasteiger partial charge in [-0.15, -0.1) is 0 Å². The van der Waals surface area contributed by atoms with Gasteiger partial charge < -0.3 is 4.74 Å². The lowest BCUT2D eigenvalue weighted by atomic mass is 9.88. The number of ketones is 1. The van der Waals surface area contributed by atoms with E-state index in [1.165, 1.54) is 0 Å². The van der Waals surface area contributed by atoms with E-state index in [0.29, 0.717) is 25.0 Å². The first-order chi connectivity index (χ1) is 7.24. The molecule has 3 heteroatoms. The Morgan fingerprint density at radius 3 is 2.73 bits per heavy atom. The van der Waals surface area contributed by atoms with Crippen LogP contribution >= 0.6 is 0 Å². The summed E-state index contributed by atoms with van der Waals surface area (Å²) in [6.45, 7) is 0.357. The molecule has 3 rings (SSSR count). The van der Waals surface area contributed by atoms with Crippen molar-refractivity contribution in [1.29, 1.82) is 0 Å². The fourth-order valence-electron chi connectivity index (χ4n) is 2.24. The predicted octanol–water partition coefficient (Wildman–Crippen LogP) is 1.41. The number of fused-ring (bicyclic) bond motifs is 2. The molecule has 0 aromatic heterocycles. The van der Waals surface area contributed by atoms with Gasteiger partial charge in [-0.1, -0.05) is 6.07 Å². The van der Waals surface area contributed by atoms with Crippen LogP contribution in [0.3, 0.4) is 0 Å². The van der Waals surface area contributed by atoms with Crippen molar-refractivity contribution < 1.29 is 14.3 Å². The Hall–Kier alpha value is -1.64. The van der Waals surface area contributed by atoms with Crippen molar-refractivity contribution >= 4 is 11.8 Å². The van der Waals surface area contributed by atoms with Gasteiger partial charge in [0.15, 0.2) is 0 Å². The van der Waals surface area contributed by atoms with E-state index in [0.717, 1.165) is 23.1 Å². The van der Waals surface area contributed by atoms with Crippen LogP contribution in [0.4, 0.5) is 0 Å². The normalized spacial score (nSPS) is 18.4. The van der Waals surface area contributed by atoms with Gasteiger partial charge in [0, 0.05) is 18.4 Å². The first-order valence-corrected chi connectivity index (χ1v) is 5.07. The molecule has 0 amide bonds. The van der Waals surface area contributed by atoms with Crippen LogP contribution in [0.1, 0.15) is 33.5 Å². The molecule has 0 spiro atoms. The number of carbonyl (C=O) groups excluding carboxylic acids is 2. The van der Waals surface area contributed by atoms with Crippen molar-refractivity contribution in [3.63, 3.8) is 0 Å². The van der Waals surface area contributed by atoms with Gasteiger partial charge in [-0.05, 0) is 23.6 Å². The summed E-state index contributed by atoms with van der Waals surface area (Å²) in [5.41, 5.74) is 3.81. The number of aryl methyl sites for hydroxylation is 1. The van der Waals surface area contributed by atoms with E-state index in [4.69, 9.17) is 4.74 Å². The predicted molar refractivity (Wildman–Crippen MR) is 52.6 cm³/mol. The number of carbonyl (C=O) groups is 2. The minimum Gasteiger partial charge on any atom is -0.457 e. The monoisotopic (exact) mass is 202 g/mol. The number of rotatable bonds is 0. The Labute approximate surface area is 87.0 Å². The molecule has 1 aliphatic carbocycles. The third-order valence-corrected chi connectivity index (χ3v) is 3.06. The maximum Gasteiger partial charge on any atom is 0.338 e. The minimum absolute atomic E-state index is 0.232. The number of esters is 1. The van der Waals surface area contributed by atoms with Gasteiger partial charge in [0.2, 0.25) is 0 Å². The Bertz CT molecular complexity index is 474. The van der Waals surface area contributed by atoms with Gasteiger partial charge in [-0.25, -0.2) is 4.79 Å². The van der Waals surface area contributed by atoms with Crippen LogP contribution in [0.5, 0.6) is 0 Å². The van der Waals surface area contributed by atoms with Crippen molar-refractivity contribution in [2.75, 3.05) is 0 Å². The topological polar surface area (TPSA) is 43.4 Å². The third-order valence-electron chi connectivity index (χ3n) is 3.06. The number of hydrogen-bond donors (Lipinski definition) is 0. The van der Waals surface area contributed by atoms with Crippen LogP contribution < -0.4 is 0 Å². The molecule has 0 saturated carbocycles. The SMILES string of the molecule is O=C1CCc2cc3c(cc2C1)COC3=O. The molecule has 0 radical (unpaired) electrons. The molecule has 1 aromatic rings. The van der Waals surface area contributed by atoms with Gasteiger partial charge >= 0.3 is 5.97 Å². The fraction of sp³-hybridized carbons (Fsp3) is 0.333. The molecule has 76 valence electrons. The molecule has 0 N–H and O–H groups in total. The first-order valence-electron chi connectivity index (χ1n) is 5.07. The summed E-state index contributed by atoms with van der Waals surface area (Å²) in [5.74, 6) is 0.0531. The van der Waals surface area contributed by atoms with Crippen LogP contribution in [0, 0.1) is 0 Å². The summed E-state index contributed by atoms with van der Waals surface area (Å²) in [7, 11) is 0. The summed E-state index contributed by atoms with van der Waals surface area (Å²) in [4.78, 5) is 22.6. The molecule has 0 fully saturated rings. The molecule has 0 atom stereocenters. The smallest absolute Gasteiger partial charge is 0.338 e. The lowest BCUT2D eigenvalue weighted by Crippen LogP contribution is -2.14. The summed E-state index contributed by atoms with van der Waals surface area (Å²) in [5, 5.41) is 0. The lowest BCUT2D eigenvalue weighted by molar-refractivity contribution is -0.118. The number of ether oxygens (including phenoxy) is 1. The zero-order valence-electron chi connectivity index (χ0n) is 8.21. The molecule has 1 heterocycles. The molecule has 1 aliphatic heterocycles. The molecule has 1 aromatic carbocycles. The Kier molecular flexibility index (Phi) is 1.69. The van der Waals surface area contributed by atoms with Crippen molar-refractivity contribution in [2.45, 2.75) is 25.9 Å². The second kappa shape index (κ2) is 2.92. The fourth-order valence-corrected chi connectivity index (χ4v) is 2.24. The van der Waals surface area contributed by atoms with Crippen LogP contribution in [-0.2, 0) is 29.0 Å². The van der Waals surface area contributed by atoms with E-state index in [2.05, 4.69) is 0 Å².